The van der Waals surface area contributed by atoms with Gasteiger partial charge in [-0.15, -0.1) is 0 Å². The second kappa shape index (κ2) is 7.54. The molecule has 1 heterocycles. The topological polar surface area (TPSA) is 84.2 Å². The molecule has 0 fully saturated rings. The van der Waals surface area contributed by atoms with Gasteiger partial charge in [0.2, 0.25) is 0 Å². The summed E-state index contributed by atoms with van der Waals surface area (Å²) in [5, 5.41) is 17.2. The van der Waals surface area contributed by atoms with Gasteiger partial charge in [0.05, 0.1) is 5.69 Å². The first-order valence-corrected chi connectivity index (χ1v) is 9.74. The Labute approximate surface area is 169 Å². The monoisotopic (exact) mass is 389 g/mol. The summed E-state index contributed by atoms with van der Waals surface area (Å²) in [6.07, 6.45) is 2.67. The molecule has 0 bridgehead atoms. The molecule has 3 aromatic rings. The number of para-hydroxylation sites is 1. The SMILES string of the molecule is CC(CNC(=O)c1nn(-c2ccccc2)c2c1CCC2)(C(=O)O)c1ccccc1. The van der Waals surface area contributed by atoms with E-state index < -0.39 is 11.4 Å². The third kappa shape index (κ3) is 3.42. The summed E-state index contributed by atoms with van der Waals surface area (Å²) in [5.41, 5.74) is 2.76. The molecule has 1 aromatic heterocycles. The molecule has 2 N–H and O–H groups in total. The fraction of sp³-hybridized carbons (Fsp3) is 0.261. The number of nitrogens with one attached hydrogen (secondary N) is 1. The largest absolute Gasteiger partial charge is 0.481 e. The van der Waals surface area contributed by atoms with Crippen molar-refractivity contribution in [2.24, 2.45) is 0 Å². The third-order valence-electron chi connectivity index (χ3n) is 5.63. The van der Waals surface area contributed by atoms with E-state index in [0.717, 1.165) is 36.2 Å². The third-order valence-corrected chi connectivity index (χ3v) is 5.63. The lowest BCUT2D eigenvalue weighted by atomic mass is 9.82. The van der Waals surface area contributed by atoms with E-state index >= 15 is 0 Å². The van der Waals surface area contributed by atoms with Gasteiger partial charge in [0.15, 0.2) is 5.69 Å². The highest BCUT2D eigenvalue weighted by Crippen LogP contribution is 2.28. The highest BCUT2D eigenvalue weighted by Gasteiger charge is 2.36. The van der Waals surface area contributed by atoms with Crippen LogP contribution in [0.5, 0.6) is 0 Å². The Balaban J connectivity index is 1.60. The van der Waals surface area contributed by atoms with Gasteiger partial charge in [0, 0.05) is 17.8 Å². The minimum atomic E-state index is -1.22. The zero-order valence-electron chi connectivity index (χ0n) is 16.3. The molecule has 2 aromatic carbocycles. The lowest BCUT2D eigenvalue weighted by molar-refractivity contribution is -0.142. The Morgan fingerprint density at radius 1 is 1.07 bits per heavy atom. The molecular formula is C23H23N3O3. The van der Waals surface area contributed by atoms with Gasteiger partial charge in [-0.25, -0.2) is 4.68 Å². The number of aliphatic carboxylic acids is 1. The second-order valence-electron chi connectivity index (χ2n) is 7.56. The first kappa shape index (κ1) is 18.9. The van der Waals surface area contributed by atoms with Gasteiger partial charge in [-0.3, -0.25) is 9.59 Å². The summed E-state index contributed by atoms with van der Waals surface area (Å²) in [6, 6.07) is 18.7. The van der Waals surface area contributed by atoms with Crippen LogP contribution in [0.3, 0.4) is 0 Å². The fourth-order valence-electron chi connectivity index (χ4n) is 3.85. The standard InChI is InChI=1S/C23H23N3O3/c1-23(22(28)29,16-9-4-2-5-10-16)15-24-21(27)20-18-13-8-14-19(18)26(25-20)17-11-6-3-7-12-17/h2-7,9-12H,8,13-15H2,1H3,(H,24,27)(H,28,29). The van der Waals surface area contributed by atoms with Gasteiger partial charge in [-0.2, -0.15) is 5.10 Å². The first-order chi connectivity index (χ1) is 14.0. The van der Waals surface area contributed by atoms with Crippen LogP contribution in [-0.2, 0) is 23.1 Å². The molecule has 0 saturated heterocycles. The highest BCUT2D eigenvalue weighted by molar-refractivity contribution is 5.95. The van der Waals surface area contributed by atoms with E-state index in [-0.39, 0.29) is 12.5 Å². The molecule has 1 aliphatic carbocycles. The van der Waals surface area contributed by atoms with Crippen molar-refractivity contribution in [2.75, 3.05) is 6.54 Å². The summed E-state index contributed by atoms with van der Waals surface area (Å²) in [4.78, 5) is 24.9. The number of aromatic nitrogens is 2. The van der Waals surface area contributed by atoms with Crippen molar-refractivity contribution < 1.29 is 14.7 Å². The summed E-state index contributed by atoms with van der Waals surface area (Å²) in [5.74, 6) is -1.31. The van der Waals surface area contributed by atoms with Crippen LogP contribution in [0, 0.1) is 0 Å². The molecule has 0 radical (unpaired) electrons. The predicted octanol–water partition coefficient (Wildman–Crippen LogP) is 3.13. The van der Waals surface area contributed by atoms with Crippen molar-refractivity contribution in [2.45, 2.75) is 31.6 Å². The molecule has 0 saturated carbocycles. The van der Waals surface area contributed by atoms with Crippen LogP contribution in [0.15, 0.2) is 60.7 Å². The maximum atomic E-state index is 13.0. The average molecular weight is 389 g/mol. The molecule has 0 aliphatic heterocycles. The van der Waals surface area contributed by atoms with Gasteiger partial charge in [-0.1, -0.05) is 48.5 Å². The summed E-state index contributed by atoms with van der Waals surface area (Å²) >= 11 is 0. The summed E-state index contributed by atoms with van der Waals surface area (Å²) < 4.78 is 1.84. The number of benzene rings is 2. The molecule has 29 heavy (non-hydrogen) atoms. The number of fused-ring (bicyclic) bond motifs is 1. The van der Waals surface area contributed by atoms with E-state index in [9.17, 15) is 14.7 Å². The van der Waals surface area contributed by atoms with E-state index in [1.54, 1.807) is 31.2 Å². The lowest BCUT2D eigenvalue weighted by Crippen LogP contribution is -2.44. The highest BCUT2D eigenvalue weighted by atomic mass is 16.4. The first-order valence-electron chi connectivity index (χ1n) is 9.74. The average Bonchev–Trinajstić information content (AvgIpc) is 3.35. The van der Waals surface area contributed by atoms with Crippen LogP contribution < -0.4 is 5.32 Å². The van der Waals surface area contributed by atoms with E-state index in [4.69, 9.17) is 0 Å². The molecule has 4 rings (SSSR count). The van der Waals surface area contributed by atoms with E-state index in [1.807, 2.05) is 41.1 Å². The quantitative estimate of drug-likeness (QED) is 0.678. The molecule has 6 heteroatoms. The normalized spacial score (nSPS) is 14.8. The minimum Gasteiger partial charge on any atom is -0.481 e. The fourth-order valence-corrected chi connectivity index (χ4v) is 3.85. The lowest BCUT2D eigenvalue weighted by Gasteiger charge is -2.25. The summed E-state index contributed by atoms with van der Waals surface area (Å²) in [7, 11) is 0. The molecule has 1 atom stereocenters. The predicted molar refractivity (Wildman–Crippen MR) is 109 cm³/mol. The van der Waals surface area contributed by atoms with E-state index in [0.29, 0.717) is 11.3 Å². The van der Waals surface area contributed by atoms with Gasteiger partial charge in [0.1, 0.15) is 5.41 Å². The van der Waals surface area contributed by atoms with Crippen LogP contribution in [-0.4, -0.2) is 33.3 Å². The van der Waals surface area contributed by atoms with Crippen LogP contribution in [0.2, 0.25) is 0 Å². The maximum Gasteiger partial charge on any atom is 0.315 e. The van der Waals surface area contributed by atoms with Gasteiger partial charge in [0.25, 0.3) is 5.91 Å². The van der Waals surface area contributed by atoms with Crippen molar-refractivity contribution in [3.63, 3.8) is 0 Å². The molecule has 1 unspecified atom stereocenters. The van der Waals surface area contributed by atoms with E-state index in [1.165, 1.54) is 0 Å². The number of carboxylic acid groups (broad SMARTS) is 1. The Morgan fingerprint density at radius 3 is 2.38 bits per heavy atom. The van der Waals surface area contributed by atoms with Crippen molar-refractivity contribution in [3.8, 4) is 5.69 Å². The molecule has 1 aliphatic rings. The van der Waals surface area contributed by atoms with Crippen LogP contribution in [0.1, 0.15) is 40.7 Å². The van der Waals surface area contributed by atoms with Gasteiger partial charge in [-0.05, 0) is 43.9 Å². The number of hydrogen-bond donors (Lipinski definition) is 2. The smallest absolute Gasteiger partial charge is 0.315 e. The van der Waals surface area contributed by atoms with Crippen molar-refractivity contribution in [1.82, 2.24) is 15.1 Å². The number of carbonyl (C=O) groups is 2. The van der Waals surface area contributed by atoms with Crippen LogP contribution in [0.4, 0.5) is 0 Å². The number of nitrogens with zero attached hydrogens (tertiary/aromatic N) is 2. The molecule has 1 amide bonds. The Hall–Kier alpha value is -3.41. The zero-order chi connectivity index (χ0) is 20.4. The van der Waals surface area contributed by atoms with Crippen molar-refractivity contribution in [3.05, 3.63) is 83.2 Å². The summed E-state index contributed by atoms with van der Waals surface area (Å²) in [6.45, 7) is 1.61. The van der Waals surface area contributed by atoms with Crippen LogP contribution >= 0.6 is 0 Å². The van der Waals surface area contributed by atoms with E-state index in [2.05, 4.69) is 10.4 Å². The number of rotatable bonds is 6. The number of hydrogen-bond acceptors (Lipinski definition) is 3. The second-order valence-corrected chi connectivity index (χ2v) is 7.56. The van der Waals surface area contributed by atoms with Crippen LogP contribution in [0.25, 0.3) is 5.69 Å². The van der Waals surface area contributed by atoms with Crippen molar-refractivity contribution in [1.29, 1.82) is 0 Å². The molecule has 0 spiro atoms. The Kier molecular flexibility index (Phi) is 4.92. The maximum absolute atomic E-state index is 13.0. The molecule has 6 nitrogen and oxygen atoms in total. The number of amides is 1. The zero-order valence-corrected chi connectivity index (χ0v) is 16.3. The van der Waals surface area contributed by atoms with Gasteiger partial charge >= 0.3 is 5.97 Å². The Bertz CT molecular complexity index is 1040. The number of carboxylic acids is 1. The molecular weight excluding hydrogens is 366 g/mol. The van der Waals surface area contributed by atoms with Gasteiger partial charge < -0.3 is 10.4 Å². The molecule has 148 valence electrons. The minimum absolute atomic E-state index is 0.0157. The Morgan fingerprint density at radius 2 is 1.72 bits per heavy atom. The van der Waals surface area contributed by atoms with Crippen molar-refractivity contribution >= 4 is 11.9 Å². The number of carbonyl (C=O) groups excluding carboxylic acids is 1.